The predicted molar refractivity (Wildman–Crippen MR) is 64.2 cm³/mol. The molecule has 0 spiro atoms. The van der Waals surface area contributed by atoms with E-state index >= 15 is 0 Å². The van der Waals surface area contributed by atoms with Gasteiger partial charge in [-0.05, 0) is 31.9 Å². The standard InChI is InChI=1S/C12H16N2O3/c15-14(16)11-4-1-5-12(9-11)17-8-6-10-3-2-7-13-10/h1,4-5,9-10,13H,2-3,6-8H2. The molecule has 0 aromatic heterocycles. The van der Waals surface area contributed by atoms with Gasteiger partial charge in [0.2, 0.25) is 0 Å². The molecule has 1 aliphatic heterocycles. The molecule has 5 nitrogen and oxygen atoms in total. The van der Waals surface area contributed by atoms with Crippen LogP contribution in [-0.2, 0) is 0 Å². The Morgan fingerprint density at radius 2 is 2.41 bits per heavy atom. The fourth-order valence-electron chi connectivity index (χ4n) is 2.01. The Hall–Kier alpha value is -1.62. The lowest BCUT2D eigenvalue weighted by molar-refractivity contribution is -0.384. The topological polar surface area (TPSA) is 64.4 Å². The van der Waals surface area contributed by atoms with E-state index in [-0.39, 0.29) is 5.69 Å². The van der Waals surface area contributed by atoms with Crippen LogP contribution in [0.4, 0.5) is 5.69 Å². The van der Waals surface area contributed by atoms with E-state index in [4.69, 9.17) is 4.74 Å². The lowest BCUT2D eigenvalue weighted by atomic mass is 10.2. The van der Waals surface area contributed by atoms with Crippen molar-refractivity contribution in [2.24, 2.45) is 0 Å². The number of hydrogen-bond donors (Lipinski definition) is 1. The van der Waals surface area contributed by atoms with E-state index in [0.717, 1.165) is 13.0 Å². The lowest BCUT2D eigenvalue weighted by Gasteiger charge is -2.10. The molecule has 0 bridgehead atoms. The first-order valence-corrected chi connectivity index (χ1v) is 5.86. The normalized spacial score (nSPS) is 19.2. The molecule has 2 rings (SSSR count). The Morgan fingerprint density at radius 3 is 3.12 bits per heavy atom. The van der Waals surface area contributed by atoms with Gasteiger partial charge in [0.05, 0.1) is 17.6 Å². The number of nitrogens with zero attached hydrogens (tertiary/aromatic N) is 1. The van der Waals surface area contributed by atoms with Gasteiger partial charge in [-0.25, -0.2) is 0 Å². The Bertz CT molecular complexity index is 389. The Labute approximate surface area is 99.9 Å². The first-order chi connectivity index (χ1) is 8.25. The van der Waals surface area contributed by atoms with E-state index in [1.54, 1.807) is 12.1 Å². The Morgan fingerprint density at radius 1 is 1.53 bits per heavy atom. The highest BCUT2D eigenvalue weighted by atomic mass is 16.6. The zero-order valence-corrected chi connectivity index (χ0v) is 9.59. The van der Waals surface area contributed by atoms with Crippen LogP contribution in [0, 0.1) is 10.1 Å². The zero-order valence-electron chi connectivity index (χ0n) is 9.59. The van der Waals surface area contributed by atoms with Crippen molar-refractivity contribution in [3.63, 3.8) is 0 Å². The van der Waals surface area contributed by atoms with Crippen LogP contribution in [0.5, 0.6) is 5.75 Å². The van der Waals surface area contributed by atoms with E-state index in [0.29, 0.717) is 18.4 Å². The zero-order chi connectivity index (χ0) is 12.1. The molecule has 5 heteroatoms. The van der Waals surface area contributed by atoms with Crippen LogP contribution < -0.4 is 10.1 Å². The van der Waals surface area contributed by atoms with Crippen molar-refractivity contribution in [1.29, 1.82) is 0 Å². The second kappa shape index (κ2) is 5.63. The quantitative estimate of drug-likeness (QED) is 0.628. The third kappa shape index (κ3) is 3.42. The van der Waals surface area contributed by atoms with Gasteiger partial charge in [0.25, 0.3) is 5.69 Å². The van der Waals surface area contributed by atoms with Crippen LogP contribution >= 0.6 is 0 Å². The number of nitro benzene ring substituents is 1. The van der Waals surface area contributed by atoms with Gasteiger partial charge in [-0.1, -0.05) is 6.07 Å². The molecule has 0 saturated carbocycles. The van der Waals surface area contributed by atoms with E-state index < -0.39 is 4.92 Å². The van der Waals surface area contributed by atoms with Crippen molar-refractivity contribution in [3.05, 3.63) is 34.4 Å². The third-order valence-corrected chi connectivity index (χ3v) is 2.93. The van der Waals surface area contributed by atoms with Crippen molar-refractivity contribution in [3.8, 4) is 5.75 Å². The van der Waals surface area contributed by atoms with Crippen LogP contribution in [0.2, 0.25) is 0 Å². The summed E-state index contributed by atoms with van der Waals surface area (Å²) in [6, 6.07) is 6.85. The number of rotatable bonds is 5. The highest BCUT2D eigenvalue weighted by molar-refractivity contribution is 5.37. The first-order valence-electron chi connectivity index (χ1n) is 5.86. The molecule has 1 aliphatic rings. The number of ether oxygens (including phenoxy) is 1. The summed E-state index contributed by atoms with van der Waals surface area (Å²) >= 11 is 0. The maximum Gasteiger partial charge on any atom is 0.273 e. The summed E-state index contributed by atoms with van der Waals surface area (Å²) in [5.74, 6) is 0.567. The Balaban J connectivity index is 1.81. The second-order valence-electron chi connectivity index (χ2n) is 4.18. The SMILES string of the molecule is O=[N+]([O-])c1cccc(OCCC2CCCN2)c1. The molecule has 1 aromatic carbocycles. The van der Waals surface area contributed by atoms with E-state index in [2.05, 4.69) is 5.32 Å². The van der Waals surface area contributed by atoms with E-state index in [9.17, 15) is 10.1 Å². The molecule has 1 N–H and O–H groups in total. The highest BCUT2D eigenvalue weighted by Crippen LogP contribution is 2.19. The summed E-state index contributed by atoms with van der Waals surface area (Å²) < 4.78 is 5.51. The van der Waals surface area contributed by atoms with Gasteiger partial charge in [0.15, 0.2) is 0 Å². The van der Waals surface area contributed by atoms with Crippen molar-refractivity contribution in [2.45, 2.75) is 25.3 Å². The molecule has 1 atom stereocenters. The summed E-state index contributed by atoms with van der Waals surface area (Å²) in [5, 5.41) is 14.0. The molecule has 1 heterocycles. The molecule has 1 unspecified atom stereocenters. The third-order valence-electron chi connectivity index (χ3n) is 2.93. The van der Waals surface area contributed by atoms with E-state index in [1.807, 2.05) is 0 Å². The molecule has 1 saturated heterocycles. The largest absolute Gasteiger partial charge is 0.493 e. The minimum atomic E-state index is -0.411. The smallest absolute Gasteiger partial charge is 0.273 e. The van der Waals surface area contributed by atoms with Crippen LogP contribution in [0.15, 0.2) is 24.3 Å². The Kier molecular flexibility index (Phi) is 3.93. The van der Waals surface area contributed by atoms with Gasteiger partial charge in [-0.15, -0.1) is 0 Å². The molecule has 0 radical (unpaired) electrons. The summed E-state index contributed by atoms with van der Waals surface area (Å²) in [6.07, 6.45) is 3.36. The van der Waals surface area contributed by atoms with Crippen molar-refractivity contribution >= 4 is 5.69 Å². The van der Waals surface area contributed by atoms with Gasteiger partial charge in [0, 0.05) is 12.1 Å². The fraction of sp³-hybridized carbons (Fsp3) is 0.500. The van der Waals surface area contributed by atoms with Crippen molar-refractivity contribution in [1.82, 2.24) is 5.32 Å². The summed E-state index contributed by atoms with van der Waals surface area (Å²) in [4.78, 5) is 10.2. The molecule has 0 aliphatic carbocycles. The summed E-state index contributed by atoms with van der Waals surface area (Å²) in [5.41, 5.74) is 0.0708. The molecular weight excluding hydrogens is 220 g/mol. The van der Waals surface area contributed by atoms with Gasteiger partial charge < -0.3 is 10.1 Å². The lowest BCUT2D eigenvalue weighted by Crippen LogP contribution is -2.23. The average Bonchev–Trinajstić information content (AvgIpc) is 2.82. The predicted octanol–water partition coefficient (Wildman–Crippen LogP) is 2.12. The molecule has 92 valence electrons. The number of nitrogens with one attached hydrogen (secondary N) is 1. The van der Waals surface area contributed by atoms with Crippen molar-refractivity contribution in [2.75, 3.05) is 13.2 Å². The number of hydrogen-bond acceptors (Lipinski definition) is 4. The minimum absolute atomic E-state index is 0.0708. The van der Waals surface area contributed by atoms with Gasteiger partial charge in [-0.2, -0.15) is 0 Å². The van der Waals surface area contributed by atoms with E-state index in [1.165, 1.54) is 25.0 Å². The van der Waals surface area contributed by atoms with Gasteiger partial charge in [-0.3, -0.25) is 10.1 Å². The molecular formula is C12H16N2O3. The monoisotopic (exact) mass is 236 g/mol. The summed E-state index contributed by atoms with van der Waals surface area (Å²) in [7, 11) is 0. The molecule has 0 amide bonds. The maximum atomic E-state index is 10.6. The molecule has 1 fully saturated rings. The van der Waals surface area contributed by atoms with Crippen LogP contribution in [0.1, 0.15) is 19.3 Å². The van der Waals surface area contributed by atoms with Crippen LogP contribution in [0.25, 0.3) is 0 Å². The fourth-order valence-corrected chi connectivity index (χ4v) is 2.01. The van der Waals surface area contributed by atoms with Crippen molar-refractivity contribution < 1.29 is 9.66 Å². The number of benzene rings is 1. The van der Waals surface area contributed by atoms with Gasteiger partial charge in [0.1, 0.15) is 5.75 Å². The van der Waals surface area contributed by atoms with Gasteiger partial charge >= 0.3 is 0 Å². The molecule has 17 heavy (non-hydrogen) atoms. The highest BCUT2D eigenvalue weighted by Gasteiger charge is 2.13. The summed E-state index contributed by atoms with van der Waals surface area (Å²) in [6.45, 7) is 1.68. The van der Waals surface area contributed by atoms with Crippen LogP contribution in [0.3, 0.4) is 0 Å². The average molecular weight is 236 g/mol. The first kappa shape index (κ1) is 11.9. The minimum Gasteiger partial charge on any atom is -0.493 e. The molecule has 1 aromatic rings. The second-order valence-corrected chi connectivity index (χ2v) is 4.18. The number of non-ortho nitro benzene ring substituents is 1. The van der Waals surface area contributed by atoms with Crippen LogP contribution in [-0.4, -0.2) is 24.1 Å². The number of nitro groups is 1. The maximum absolute atomic E-state index is 10.6.